The molecule has 0 unspecified atom stereocenters. The number of aliphatic imine (C=N–C) groups is 1. The van der Waals surface area contributed by atoms with Crippen LogP contribution in [0.3, 0.4) is 0 Å². The summed E-state index contributed by atoms with van der Waals surface area (Å²) < 4.78 is 5.79. The Morgan fingerprint density at radius 1 is 1.29 bits per heavy atom. The average Bonchev–Trinajstić information content (AvgIpc) is 2.47. The van der Waals surface area contributed by atoms with E-state index in [2.05, 4.69) is 4.99 Å². The number of carbonyl (C=O) groups excluding carboxylic acids is 1. The maximum Gasteiger partial charge on any atom is 0.240 e. The third-order valence-electron chi connectivity index (χ3n) is 3.25. The summed E-state index contributed by atoms with van der Waals surface area (Å²) in [5, 5.41) is 0.574. The fourth-order valence-electron chi connectivity index (χ4n) is 2.15. The fourth-order valence-corrected chi connectivity index (χ4v) is 2.44. The topological polar surface area (TPSA) is 38.7 Å². The monoisotopic (exact) mass is 301 g/mol. The second-order valence-electron chi connectivity index (χ2n) is 4.69. The molecule has 0 heterocycles. The molecule has 0 N–H and O–H groups in total. The predicted octanol–water partition coefficient (Wildman–Crippen LogP) is 4.76. The van der Waals surface area contributed by atoms with E-state index in [1.165, 1.54) is 0 Å². The number of hydrogen-bond acceptors (Lipinski definition) is 3. The van der Waals surface area contributed by atoms with Gasteiger partial charge in [0, 0.05) is 5.56 Å². The maximum absolute atomic E-state index is 10.5. The molecule has 21 heavy (non-hydrogen) atoms. The average molecular weight is 302 g/mol. The van der Waals surface area contributed by atoms with E-state index in [-0.39, 0.29) is 0 Å². The third-order valence-corrected chi connectivity index (χ3v) is 3.55. The van der Waals surface area contributed by atoms with E-state index in [1.807, 2.05) is 44.2 Å². The summed E-state index contributed by atoms with van der Waals surface area (Å²) >= 11 is 6.16. The Morgan fingerprint density at radius 3 is 2.76 bits per heavy atom. The number of halogens is 1. The lowest BCUT2D eigenvalue weighted by Crippen LogP contribution is -2.01. The molecule has 0 radical (unpaired) electrons. The van der Waals surface area contributed by atoms with Crippen LogP contribution in [0.5, 0.6) is 5.75 Å². The van der Waals surface area contributed by atoms with Crippen molar-refractivity contribution in [2.24, 2.45) is 4.99 Å². The van der Waals surface area contributed by atoms with E-state index >= 15 is 0 Å². The third kappa shape index (κ3) is 3.72. The number of isocyanates is 1. The Balaban J connectivity index is 2.28. The molecule has 4 heteroatoms. The zero-order chi connectivity index (χ0) is 15.2. The van der Waals surface area contributed by atoms with Gasteiger partial charge in [-0.05, 0) is 42.7 Å². The van der Waals surface area contributed by atoms with Gasteiger partial charge in [0.2, 0.25) is 6.08 Å². The largest absolute Gasteiger partial charge is 0.487 e. The van der Waals surface area contributed by atoms with Crippen molar-refractivity contribution in [2.75, 3.05) is 0 Å². The van der Waals surface area contributed by atoms with E-state index < -0.39 is 0 Å². The summed E-state index contributed by atoms with van der Waals surface area (Å²) in [6, 6.07) is 11.3. The van der Waals surface area contributed by atoms with Gasteiger partial charge in [-0.2, -0.15) is 4.99 Å². The SMILES string of the molecule is CCc1cccc(N=C=O)c1COc1ccc(C)cc1Cl. The highest BCUT2D eigenvalue weighted by atomic mass is 35.5. The van der Waals surface area contributed by atoms with E-state index in [0.717, 1.165) is 23.1 Å². The molecule has 2 aromatic rings. The van der Waals surface area contributed by atoms with Crippen molar-refractivity contribution in [3.63, 3.8) is 0 Å². The van der Waals surface area contributed by atoms with Gasteiger partial charge in [0.25, 0.3) is 0 Å². The zero-order valence-corrected chi connectivity index (χ0v) is 12.8. The molecule has 0 aliphatic rings. The molecule has 2 aromatic carbocycles. The molecule has 0 saturated heterocycles. The van der Waals surface area contributed by atoms with Crippen LogP contribution in [-0.4, -0.2) is 6.08 Å². The van der Waals surface area contributed by atoms with Crippen LogP contribution >= 0.6 is 11.6 Å². The summed E-state index contributed by atoms with van der Waals surface area (Å²) in [5.74, 6) is 0.620. The van der Waals surface area contributed by atoms with Gasteiger partial charge in [0.15, 0.2) is 0 Å². The molecule has 0 aliphatic heterocycles. The van der Waals surface area contributed by atoms with Crippen LogP contribution in [0.1, 0.15) is 23.6 Å². The molecule has 0 spiro atoms. The minimum atomic E-state index is 0.313. The lowest BCUT2D eigenvalue weighted by Gasteiger charge is -2.13. The Kier molecular flexibility index (Phi) is 5.15. The molecular formula is C17H16ClNO2. The van der Waals surface area contributed by atoms with Gasteiger partial charge in [0.1, 0.15) is 12.4 Å². The molecule has 2 rings (SSSR count). The Labute approximate surface area is 129 Å². The lowest BCUT2D eigenvalue weighted by molar-refractivity contribution is 0.305. The number of ether oxygens (including phenoxy) is 1. The summed E-state index contributed by atoms with van der Waals surface area (Å²) in [7, 11) is 0. The highest BCUT2D eigenvalue weighted by molar-refractivity contribution is 6.32. The smallest absolute Gasteiger partial charge is 0.240 e. The Hall–Kier alpha value is -2.09. The molecule has 3 nitrogen and oxygen atoms in total. The van der Waals surface area contributed by atoms with Crippen molar-refractivity contribution in [3.05, 3.63) is 58.1 Å². The van der Waals surface area contributed by atoms with E-state index in [9.17, 15) is 4.79 Å². The molecule has 0 amide bonds. The minimum absolute atomic E-state index is 0.313. The quantitative estimate of drug-likeness (QED) is 0.590. The van der Waals surface area contributed by atoms with Gasteiger partial charge in [0.05, 0.1) is 10.7 Å². The molecular weight excluding hydrogens is 286 g/mol. The first-order valence-corrected chi connectivity index (χ1v) is 7.11. The van der Waals surface area contributed by atoms with Crippen LogP contribution in [0.2, 0.25) is 5.02 Å². The predicted molar refractivity (Wildman–Crippen MR) is 84.1 cm³/mol. The van der Waals surface area contributed by atoms with Crippen LogP contribution in [0.15, 0.2) is 41.4 Å². The van der Waals surface area contributed by atoms with Crippen LogP contribution in [0, 0.1) is 6.92 Å². The molecule has 0 bridgehead atoms. The number of rotatable bonds is 5. The number of aryl methyl sites for hydroxylation is 2. The van der Waals surface area contributed by atoms with E-state index in [0.29, 0.717) is 23.1 Å². The minimum Gasteiger partial charge on any atom is -0.487 e. The van der Waals surface area contributed by atoms with Gasteiger partial charge < -0.3 is 4.74 Å². The number of nitrogens with zero attached hydrogens (tertiary/aromatic N) is 1. The molecule has 0 fully saturated rings. The highest BCUT2D eigenvalue weighted by Gasteiger charge is 2.09. The van der Waals surface area contributed by atoms with Crippen molar-refractivity contribution < 1.29 is 9.53 Å². The van der Waals surface area contributed by atoms with Crippen molar-refractivity contribution in [2.45, 2.75) is 26.9 Å². The van der Waals surface area contributed by atoms with Gasteiger partial charge in [-0.25, -0.2) is 4.79 Å². The first kappa shape index (κ1) is 15.3. The summed E-state index contributed by atoms with van der Waals surface area (Å²) in [5.41, 5.74) is 3.65. The van der Waals surface area contributed by atoms with Crippen LogP contribution in [0.4, 0.5) is 5.69 Å². The fraction of sp³-hybridized carbons (Fsp3) is 0.235. The van der Waals surface area contributed by atoms with Gasteiger partial charge in [-0.15, -0.1) is 0 Å². The zero-order valence-electron chi connectivity index (χ0n) is 12.0. The Morgan fingerprint density at radius 2 is 2.10 bits per heavy atom. The molecule has 0 aromatic heterocycles. The van der Waals surface area contributed by atoms with Gasteiger partial charge >= 0.3 is 0 Å². The van der Waals surface area contributed by atoms with Crippen molar-refractivity contribution in [3.8, 4) is 5.75 Å². The summed E-state index contributed by atoms with van der Waals surface area (Å²) in [6.07, 6.45) is 2.42. The van der Waals surface area contributed by atoms with Crippen LogP contribution in [-0.2, 0) is 17.8 Å². The maximum atomic E-state index is 10.5. The number of benzene rings is 2. The highest BCUT2D eigenvalue weighted by Crippen LogP contribution is 2.29. The standard InChI is InChI=1S/C17H16ClNO2/c1-3-13-5-4-6-16(19-11-20)14(13)10-21-17-8-7-12(2)9-15(17)18/h4-9H,3,10H2,1-2H3. The summed E-state index contributed by atoms with van der Waals surface area (Å²) in [4.78, 5) is 14.3. The second kappa shape index (κ2) is 7.07. The number of hydrogen-bond donors (Lipinski definition) is 0. The molecule has 108 valence electrons. The van der Waals surface area contributed by atoms with E-state index in [4.69, 9.17) is 16.3 Å². The molecule has 0 saturated carbocycles. The molecule has 0 aliphatic carbocycles. The summed E-state index contributed by atoms with van der Waals surface area (Å²) in [6.45, 7) is 4.33. The lowest BCUT2D eigenvalue weighted by atomic mass is 10.0. The van der Waals surface area contributed by atoms with Gasteiger partial charge in [-0.1, -0.05) is 36.7 Å². The van der Waals surface area contributed by atoms with Crippen molar-refractivity contribution in [1.82, 2.24) is 0 Å². The molecule has 0 atom stereocenters. The van der Waals surface area contributed by atoms with Crippen molar-refractivity contribution in [1.29, 1.82) is 0 Å². The van der Waals surface area contributed by atoms with Crippen LogP contribution in [0.25, 0.3) is 0 Å². The van der Waals surface area contributed by atoms with Crippen LogP contribution < -0.4 is 4.74 Å². The normalized spacial score (nSPS) is 10.0. The second-order valence-corrected chi connectivity index (χ2v) is 5.10. The Bertz CT molecular complexity index is 691. The van der Waals surface area contributed by atoms with E-state index in [1.54, 1.807) is 12.1 Å². The first-order chi connectivity index (χ1) is 10.2. The first-order valence-electron chi connectivity index (χ1n) is 6.73. The van der Waals surface area contributed by atoms with Crippen molar-refractivity contribution >= 4 is 23.4 Å². The van der Waals surface area contributed by atoms with Gasteiger partial charge in [-0.3, -0.25) is 0 Å².